The fraction of sp³-hybridized carbons (Fsp3) is 0.235. The van der Waals surface area contributed by atoms with Gasteiger partial charge in [0, 0.05) is 6.54 Å². The van der Waals surface area contributed by atoms with E-state index in [1.165, 1.54) is 0 Å². The van der Waals surface area contributed by atoms with E-state index in [2.05, 4.69) is 0 Å². The molecule has 2 aromatic carbocycles. The molecule has 1 saturated heterocycles. The number of ether oxygens (including phenoxy) is 2. The Morgan fingerprint density at radius 1 is 1.09 bits per heavy atom. The van der Waals surface area contributed by atoms with E-state index in [9.17, 15) is 4.79 Å². The largest absolute Gasteiger partial charge is 0.454 e. The second-order valence-corrected chi connectivity index (χ2v) is 5.54. The number of nitrogens with zero attached hydrogens (tertiary/aromatic N) is 1. The lowest BCUT2D eigenvalue weighted by atomic mass is 9.88. The van der Waals surface area contributed by atoms with Gasteiger partial charge < -0.3 is 20.1 Å². The van der Waals surface area contributed by atoms with Crippen molar-refractivity contribution in [3.05, 3.63) is 59.7 Å². The third-order valence-electron chi connectivity index (χ3n) is 4.18. The van der Waals surface area contributed by atoms with E-state index in [1.54, 1.807) is 4.90 Å². The van der Waals surface area contributed by atoms with Crippen LogP contribution in [0.15, 0.2) is 48.5 Å². The Balaban J connectivity index is 1.61. The lowest BCUT2D eigenvalue weighted by Gasteiger charge is -2.45. The maximum absolute atomic E-state index is 12.1. The van der Waals surface area contributed by atoms with Crippen molar-refractivity contribution < 1.29 is 14.3 Å². The van der Waals surface area contributed by atoms with E-state index in [-0.39, 0.29) is 18.7 Å². The number of benzene rings is 2. The molecule has 2 atom stereocenters. The van der Waals surface area contributed by atoms with Crippen LogP contribution in [0.25, 0.3) is 0 Å². The summed E-state index contributed by atoms with van der Waals surface area (Å²) in [4.78, 5) is 13.9. The molecule has 1 amide bonds. The summed E-state index contributed by atoms with van der Waals surface area (Å²) >= 11 is 0. The minimum Gasteiger partial charge on any atom is -0.454 e. The lowest BCUT2D eigenvalue weighted by Crippen LogP contribution is -2.62. The van der Waals surface area contributed by atoms with Crippen LogP contribution >= 0.6 is 0 Å². The van der Waals surface area contributed by atoms with Crippen LogP contribution in [0.1, 0.15) is 17.2 Å². The van der Waals surface area contributed by atoms with E-state index in [1.807, 2.05) is 48.5 Å². The maximum Gasteiger partial charge on any atom is 0.242 e. The van der Waals surface area contributed by atoms with Crippen molar-refractivity contribution in [3.8, 4) is 11.5 Å². The molecule has 2 N–H and O–H groups in total. The second kappa shape index (κ2) is 5.03. The first kappa shape index (κ1) is 13.2. The molecule has 0 spiro atoms. The molecule has 0 aliphatic carbocycles. The van der Waals surface area contributed by atoms with Crippen LogP contribution in [0.2, 0.25) is 0 Å². The van der Waals surface area contributed by atoms with E-state index in [4.69, 9.17) is 15.2 Å². The number of fused-ring (bicyclic) bond motifs is 1. The average Bonchev–Trinajstić information content (AvgIpc) is 3.02. The molecule has 5 heteroatoms. The summed E-state index contributed by atoms with van der Waals surface area (Å²) in [5, 5.41) is 0. The zero-order valence-corrected chi connectivity index (χ0v) is 11.9. The predicted octanol–water partition coefficient (Wildman–Crippen LogP) is 1.83. The van der Waals surface area contributed by atoms with Gasteiger partial charge in [-0.3, -0.25) is 4.79 Å². The zero-order chi connectivity index (χ0) is 15.1. The first-order valence-electron chi connectivity index (χ1n) is 7.23. The van der Waals surface area contributed by atoms with Gasteiger partial charge in [-0.15, -0.1) is 0 Å². The van der Waals surface area contributed by atoms with Crippen molar-refractivity contribution in [1.29, 1.82) is 0 Å². The molecule has 5 nitrogen and oxygen atoms in total. The first-order chi connectivity index (χ1) is 10.7. The monoisotopic (exact) mass is 296 g/mol. The number of carbonyl (C=O) groups excluding carboxylic acids is 1. The van der Waals surface area contributed by atoms with Gasteiger partial charge in [0.25, 0.3) is 0 Å². The van der Waals surface area contributed by atoms with Crippen molar-refractivity contribution in [2.24, 2.45) is 5.73 Å². The predicted molar refractivity (Wildman–Crippen MR) is 80.3 cm³/mol. The minimum atomic E-state index is -0.496. The van der Waals surface area contributed by atoms with E-state index in [0.717, 1.165) is 16.9 Å². The molecule has 2 aliphatic heterocycles. The highest BCUT2D eigenvalue weighted by atomic mass is 16.7. The Kier molecular flexibility index (Phi) is 3.01. The lowest BCUT2D eigenvalue weighted by molar-refractivity contribution is -0.150. The Hall–Kier alpha value is -2.53. The number of carbonyl (C=O) groups is 1. The van der Waals surface area contributed by atoms with Gasteiger partial charge in [-0.25, -0.2) is 0 Å². The quantitative estimate of drug-likeness (QED) is 0.878. The number of likely N-dealkylation sites (tertiary alicyclic amines) is 1. The molecule has 1 fully saturated rings. The Morgan fingerprint density at radius 3 is 2.68 bits per heavy atom. The maximum atomic E-state index is 12.1. The third kappa shape index (κ3) is 2.02. The Labute approximate surface area is 128 Å². The van der Waals surface area contributed by atoms with Gasteiger partial charge in [-0.2, -0.15) is 0 Å². The SMILES string of the molecule is NC1C(=O)N(Cc2ccccc2)C1c1ccc2c(c1)OCO2. The van der Waals surface area contributed by atoms with Gasteiger partial charge in [0.05, 0.1) is 6.04 Å². The van der Waals surface area contributed by atoms with Crippen molar-refractivity contribution in [1.82, 2.24) is 4.90 Å². The van der Waals surface area contributed by atoms with Gasteiger partial charge in [0.15, 0.2) is 11.5 Å². The molecule has 2 unspecified atom stereocenters. The highest BCUT2D eigenvalue weighted by molar-refractivity contribution is 5.89. The van der Waals surface area contributed by atoms with Crippen molar-refractivity contribution in [2.75, 3.05) is 6.79 Å². The smallest absolute Gasteiger partial charge is 0.242 e. The van der Waals surface area contributed by atoms with E-state index < -0.39 is 6.04 Å². The minimum absolute atomic E-state index is 0.0217. The zero-order valence-electron chi connectivity index (χ0n) is 11.9. The molecule has 2 heterocycles. The number of amides is 1. The summed E-state index contributed by atoms with van der Waals surface area (Å²) in [6, 6.07) is 15.0. The van der Waals surface area contributed by atoms with E-state index >= 15 is 0 Å². The molecule has 0 saturated carbocycles. The third-order valence-corrected chi connectivity index (χ3v) is 4.18. The van der Waals surface area contributed by atoms with Gasteiger partial charge >= 0.3 is 0 Å². The summed E-state index contributed by atoms with van der Waals surface area (Å²) in [7, 11) is 0. The van der Waals surface area contributed by atoms with Gasteiger partial charge in [-0.1, -0.05) is 36.4 Å². The topological polar surface area (TPSA) is 64.8 Å². The van der Waals surface area contributed by atoms with Gasteiger partial charge in [0.2, 0.25) is 12.7 Å². The fourth-order valence-corrected chi connectivity index (χ4v) is 3.02. The summed E-state index contributed by atoms with van der Waals surface area (Å²) in [6.45, 7) is 0.800. The Bertz CT molecular complexity index is 717. The fourth-order valence-electron chi connectivity index (χ4n) is 3.02. The van der Waals surface area contributed by atoms with Crippen LogP contribution in [0.4, 0.5) is 0 Å². The van der Waals surface area contributed by atoms with Crippen molar-refractivity contribution >= 4 is 5.91 Å². The van der Waals surface area contributed by atoms with Crippen LogP contribution < -0.4 is 15.2 Å². The van der Waals surface area contributed by atoms with Gasteiger partial charge in [0.1, 0.15) is 6.04 Å². The molecule has 112 valence electrons. The molecule has 0 radical (unpaired) electrons. The van der Waals surface area contributed by atoms with Crippen LogP contribution in [0.3, 0.4) is 0 Å². The van der Waals surface area contributed by atoms with Crippen LogP contribution in [0.5, 0.6) is 11.5 Å². The average molecular weight is 296 g/mol. The normalized spacial score (nSPS) is 22.6. The standard InChI is InChI=1S/C17H16N2O3/c18-15-16(12-6-7-13-14(8-12)22-10-21-13)19(17(15)20)9-11-4-2-1-3-5-11/h1-8,15-16H,9-10,18H2. The molecule has 2 aromatic rings. The number of hydrogen-bond donors (Lipinski definition) is 1. The number of β-lactam (4-membered cyclic amide) rings is 1. The summed E-state index contributed by atoms with van der Waals surface area (Å²) in [6.07, 6.45) is 0. The van der Waals surface area contributed by atoms with Crippen LogP contribution in [0, 0.1) is 0 Å². The first-order valence-corrected chi connectivity index (χ1v) is 7.23. The molecule has 0 aromatic heterocycles. The molecular formula is C17H16N2O3. The number of rotatable bonds is 3. The molecule has 4 rings (SSSR count). The summed E-state index contributed by atoms with van der Waals surface area (Å²) in [5.74, 6) is 1.42. The summed E-state index contributed by atoms with van der Waals surface area (Å²) in [5.41, 5.74) is 8.09. The molecule has 0 bridgehead atoms. The second-order valence-electron chi connectivity index (χ2n) is 5.54. The van der Waals surface area contributed by atoms with E-state index in [0.29, 0.717) is 12.3 Å². The molecular weight excluding hydrogens is 280 g/mol. The van der Waals surface area contributed by atoms with Crippen molar-refractivity contribution in [3.63, 3.8) is 0 Å². The van der Waals surface area contributed by atoms with Gasteiger partial charge in [-0.05, 0) is 23.3 Å². The highest BCUT2D eigenvalue weighted by Gasteiger charge is 2.45. The molecule has 2 aliphatic rings. The highest BCUT2D eigenvalue weighted by Crippen LogP contribution is 2.40. The van der Waals surface area contributed by atoms with Crippen LogP contribution in [-0.2, 0) is 11.3 Å². The number of hydrogen-bond acceptors (Lipinski definition) is 4. The molecule has 22 heavy (non-hydrogen) atoms. The number of nitrogens with two attached hydrogens (primary N) is 1. The Morgan fingerprint density at radius 2 is 1.86 bits per heavy atom. The van der Waals surface area contributed by atoms with Crippen molar-refractivity contribution in [2.45, 2.75) is 18.6 Å². The summed E-state index contributed by atoms with van der Waals surface area (Å²) < 4.78 is 10.7. The van der Waals surface area contributed by atoms with Crippen LogP contribution in [-0.4, -0.2) is 23.6 Å².